The molecular weight excluding hydrogens is 240 g/mol. The van der Waals surface area contributed by atoms with Crippen molar-refractivity contribution in [1.29, 1.82) is 0 Å². The predicted octanol–water partition coefficient (Wildman–Crippen LogP) is 1.75. The second-order valence-electron chi connectivity index (χ2n) is 5.01. The summed E-state index contributed by atoms with van der Waals surface area (Å²) in [5.41, 5.74) is 4.84. The number of likely N-dealkylation sites (tertiary alicyclic amines) is 1. The van der Waals surface area contributed by atoms with Crippen molar-refractivity contribution in [2.24, 2.45) is 17.6 Å². The molecule has 2 rings (SSSR count). The second kappa shape index (κ2) is 7.47. The molecule has 2 N–H and O–H groups in total. The smallest absolute Gasteiger partial charge is 0.324 e. The Morgan fingerprint density at radius 1 is 1.47 bits per heavy atom. The first-order chi connectivity index (χ1) is 9.04. The molecule has 0 spiro atoms. The topological polar surface area (TPSA) is 64.2 Å². The van der Waals surface area contributed by atoms with Gasteiger partial charge in [0.25, 0.3) is 0 Å². The van der Waals surface area contributed by atoms with Crippen LogP contribution in [0.1, 0.15) is 26.7 Å². The number of primary amides is 1. The van der Waals surface area contributed by atoms with E-state index in [1.807, 2.05) is 0 Å². The molecule has 1 fully saturated rings. The number of amides is 1. The minimum atomic E-state index is -0.512. The van der Waals surface area contributed by atoms with Gasteiger partial charge in [-0.1, -0.05) is 20.3 Å². The van der Waals surface area contributed by atoms with Gasteiger partial charge in [0.15, 0.2) is 0 Å². The molecule has 0 bridgehead atoms. The largest absolute Gasteiger partial charge is 0.351 e. The molecule has 2 heterocycles. The fourth-order valence-corrected chi connectivity index (χ4v) is 2.08. The van der Waals surface area contributed by atoms with E-state index in [4.69, 9.17) is 12.2 Å². The quantitative estimate of drug-likeness (QED) is 0.784. The van der Waals surface area contributed by atoms with Gasteiger partial charge in [0, 0.05) is 31.5 Å². The van der Waals surface area contributed by atoms with Gasteiger partial charge in [-0.3, -0.25) is 4.57 Å². The summed E-state index contributed by atoms with van der Waals surface area (Å²) in [6.07, 6.45) is 12.2. The average molecular weight is 262 g/mol. The summed E-state index contributed by atoms with van der Waals surface area (Å²) in [5, 5.41) is 0. The van der Waals surface area contributed by atoms with E-state index in [2.05, 4.69) is 29.8 Å². The average Bonchev–Trinajstić information content (AvgIpc) is 2.93. The highest BCUT2D eigenvalue weighted by Crippen LogP contribution is 2.23. The van der Waals surface area contributed by atoms with Gasteiger partial charge in [-0.05, 0) is 24.7 Å². The summed E-state index contributed by atoms with van der Waals surface area (Å²) in [6, 6.07) is 2.19. The highest BCUT2D eigenvalue weighted by atomic mass is 16.2. The third-order valence-electron chi connectivity index (χ3n) is 3.42. The molecule has 0 atom stereocenters. The van der Waals surface area contributed by atoms with Gasteiger partial charge >= 0.3 is 6.03 Å². The van der Waals surface area contributed by atoms with E-state index < -0.39 is 6.03 Å². The van der Waals surface area contributed by atoms with E-state index in [1.54, 1.807) is 0 Å². The van der Waals surface area contributed by atoms with Crippen LogP contribution in [0.3, 0.4) is 0 Å². The van der Waals surface area contributed by atoms with Gasteiger partial charge in [0.1, 0.15) is 6.33 Å². The van der Waals surface area contributed by atoms with Crippen LogP contribution in [0.15, 0.2) is 18.7 Å². The van der Waals surface area contributed by atoms with Crippen molar-refractivity contribution < 1.29 is 4.79 Å². The van der Waals surface area contributed by atoms with Crippen molar-refractivity contribution in [3.63, 3.8) is 0 Å². The number of nitrogens with two attached hydrogens (primary N) is 1. The van der Waals surface area contributed by atoms with Crippen LogP contribution >= 0.6 is 0 Å². The van der Waals surface area contributed by atoms with Crippen LogP contribution in [0.25, 0.3) is 0 Å². The number of piperidine rings is 1. The summed E-state index contributed by atoms with van der Waals surface area (Å²) in [7, 11) is 0. The van der Waals surface area contributed by atoms with Crippen LogP contribution < -0.4 is 5.73 Å². The lowest BCUT2D eigenvalue weighted by Gasteiger charge is -2.31. The zero-order valence-corrected chi connectivity index (χ0v) is 11.6. The van der Waals surface area contributed by atoms with Gasteiger partial charge in [0.05, 0.1) is 0 Å². The van der Waals surface area contributed by atoms with Gasteiger partial charge in [-0.15, -0.1) is 0 Å². The number of imidazole rings is 1. The highest BCUT2D eigenvalue weighted by Gasteiger charge is 2.19. The fraction of sp³-hybridized carbons (Fsp3) is 0.571. The first-order valence-electron chi connectivity index (χ1n) is 6.53. The Morgan fingerprint density at radius 3 is 2.42 bits per heavy atom. The Kier molecular flexibility index (Phi) is 5.94. The number of rotatable bonds is 1. The molecule has 5 heteroatoms. The first-order valence-corrected chi connectivity index (χ1v) is 6.53. The number of nitrogens with zero attached hydrogens (tertiary/aromatic N) is 3. The molecule has 1 aliphatic heterocycles. The molecule has 104 valence electrons. The number of hydrogen-bond acceptors (Lipinski definition) is 3. The lowest BCUT2D eigenvalue weighted by Crippen LogP contribution is -2.31. The molecule has 19 heavy (non-hydrogen) atoms. The van der Waals surface area contributed by atoms with E-state index in [0.717, 1.165) is 24.9 Å². The van der Waals surface area contributed by atoms with Crippen molar-refractivity contribution in [1.82, 2.24) is 14.5 Å². The maximum atomic E-state index is 10.2. The summed E-state index contributed by atoms with van der Waals surface area (Å²) in [5.74, 6) is 1.73. The maximum absolute atomic E-state index is 10.2. The minimum absolute atomic E-state index is 0.512. The normalized spacial score (nSPS) is 15.6. The molecule has 1 aliphatic rings. The third-order valence-corrected chi connectivity index (χ3v) is 3.42. The molecule has 1 aromatic rings. The summed E-state index contributed by atoms with van der Waals surface area (Å²) in [4.78, 5) is 15.9. The Bertz CT molecular complexity index is 411. The SMILES string of the molecule is C#CN1CCC(C(C)C)CC1.NC(=O)n1ccnc1. The van der Waals surface area contributed by atoms with Crippen molar-refractivity contribution in [2.75, 3.05) is 13.1 Å². The van der Waals surface area contributed by atoms with E-state index in [-0.39, 0.29) is 0 Å². The molecule has 1 aromatic heterocycles. The van der Waals surface area contributed by atoms with E-state index in [1.165, 1.54) is 36.1 Å². The molecule has 5 nitrogen and oxygen atoms in total. The van der Waals surface area contributed by atoms with Gasteiger partial charge in [-0.2, -0.15) is 0 Å². The number of hydrogen-bond donors (Lipinski definition) is 1. The highest BCUT2D eigenvalue weighted by molar-refractivity contribution is 5.74. The minimum Gasteiger partial charge on any atom is -0.351 e. The Hall–Kier alpha value is -1.96. The molecule has 0 aliphatic carbocycles. The number of carbonyl (C=O) groups is 1. The Morgan fingerprint density at radius 2 is 2.11 bits per heavy atom. The zero-order chi connectivity index (χ0) is 14.3. The van der Waals surface area contributed by atoms with Crippen LogP contribution in [0.5, 0.6) is 0 Å². The lowest BCUT2D eigenvalue weighted by atomic mass is 9.87. The van der Waals surface area contributed by atoms with Crippen LogP contribution in [-0.4, -0.2) is 33.6 Å². The van der Waals surface area contributed by atoms with E-state index in [0.29, 0.717) is 0 Å². The molecule has 0 saturated carbocycles. The Balaban J connectivity index is 0.000000200. The molecular formula is C14H22N4O. The molecule has 1 amide bonds. The van der Waals surface area contributed by atoms with E-state index in [9.17, 15) is 4.79 Å². The zero-order valence-electron chi connectivity index (χ0n) is 11.6. The summed E-state index contributed by atoms with van der Waals surface area (Å²) >= 11 is 0. The second-order valence-corrected chi connectivity index (χ2v) is 5.01. The molecule has 0 unspecified atom stereocenters. The standard InChI is InChI=1S/C10H17N.C4H5N3O/c1-4-11-7-5-10(6-8-11)9(2)3;5-4(8)7-2-1-6-3-7/h1,9-10H,5-8H2,2-3H3;1-3H,(H2,5,8). The van der Waals surface area contributed by atoms with Crippen LogP contribution in [0, 0.1) is 24.3 Å². The lowest BCUT2D eigenvalue weighted by molar-refractivity contribution is 0.212. The predicted molar refractivity (Wildman–Crippen MR) is 75.2 cm³/mol. The summed E-state index contributed by atoms with van der Waals surface area (Å²) in [6.45, 7) is 6.80. The van der Waals surface area contributed by atoms with Crippen molar-refractivity contribution in [2.45, 2.75) is 26.7 Å². The molecule has 1 saturated heterocycles. The number of aromatic nitrogens is 2. The summed E-state index contributed by atoms with van der Waals surface area (Å²) < 4.78 is 1.19. The third kappa shape index (κ3) is 5.04. The van der Waals surface area contributed by atoms with Crippen LogP contribution in [0.4, 0.5) is 4.79 Å². The van der Waals surface area contributed by atoms with E-state index >= 15 is 0 Å². The van der Waals surface area contributed by atoms with Crippen molar-refractivity contribution >= 4 is 6.03 Å². The van der Waals surface area contributed by atoms with Crippen molar-refractivity contribution in [3.05, 3.63) is 18.7 Å². The molecule has 0 radical (unpaired) electrons. The number of carbonyl (C=O) groups excluding carboxylic acids is 1. The van der Waals surface area contributed by atoms with Gasteiger partial charge in [-0.25, -0.2) is 9.78 Å². The van der Waals surface area contributed by atoms with Gasteiger partial charge in [0.2, 0.25) is 0 Å². The monoisotopic (exact) mass is 262 g/mol. The van der Waals surface area contributed by atoms with Crippen molar-refractivity contribution in [3.8, 4) is 12.5 Å². The van der Waals surface area contributed by atoms with Gasteiger partial charge < -0.3 is 10.6 Å². The van der Waals surface area contributed by atoms with Crippen LogP contribution in [-0.2, 0) is 0 Å². The fourth-order valence-electron chi connectivity index (χ4n) is 2.08. The molecule has 0 aromatic carbocycles. The maximum Gasteiger partial charge on any atom is 0.324 e. The number of terminal acetylenes is 1. The first kappa shape index (κ1) is 15.1. The Labute approximate surface area is 114 Å². The van der Waals surface area contributed by atoms with Crippen LogP contribution in [0.2, 0.25) is 0 Å².